The van der Waals surface area contributed by atoms with Crippen molar-refractivity contribution in [2.45, 2.75) is 26.8 Å². The number of hydrogen-bond acceptors (Lipinski definition) is 2. The van der Waals surface area contributed by atoms with Crippen molar-refractivity contribution < 1.29 is 0 Å². The minimum absolute atomic E-state index is 0.779. The Morgan fingerprint density at radius 1 is 1.05 bits per heavy atom. The zero-order valence-corrected chi connectivity index (χ0v) is 11.9. The van der Waals surface area contributed by atoms with E-state index in [0.717, 1.165) is 35.6 Å². The van der Waals surface area contributed by atoms with E-state index >= 15 is 0 Å². The largest absolute Gasteiger partial charge is 0.399 e. The van der Waals surface area contributed by atoms with Crippen molar-refractivity contribution in [3.8, 4) is 11.4 Å². The van der Waals surface area contributed by atoms with Gasteiger partial charge in [-0.2, -0.15) is 0 Å². The number of benzene rings is 2. The smallest absolute Gasteiger partial charge is 0.141 e. The standard InChI is InChI=1S/C17H19N3/c1-3-12-5-10-16-15(11-12)19-17(20(16)4-2)13-6-8-14(18)9-7-13/h5-11H,3-4,18H2,1-2H3. The molecule has 0 fully saturated rings. The van der Waals surface area contributed by atoms with Gasteiger partial charge in [-0.1, -0.05) is 13.0 Å². The van der Waals surface area contributed by atoms with E-state index in [1.165, 1.54) is 11.1 Å². The minimum Gasteiger partial charge on any atom is -0.399 e. The molecule has 3 aromatic rings. The fourth-order valence-corrected chi connectivity index (χ4v) is 2.57. The van der Waals surface area contributed by atoms with Gasteiger partial charge in [0.1, 0.15) is 5.82 Å². The number of imidazole rings is 1. The van der Waals surface area contributed by atoms with Crippen molar-refractivity contribution >= 4 is 16.7 Å². The maximum atomic E-state index is 5.76. The quantitative estimate of drug-likeness (QED) is 0.731. The molecule has 0 saturated heterocycles. The van der Waals surface area contributed by atoms with Crippen LogP contribution in [0.1, 0.15) is 19.4 Å². The van der Waals surface area contributed by atoms with Gasteiger partial charge in [0.05, 0.1) is 11.0 Å². The summed E-state index contributed by atoms with van der Waals surface area (Å²) in [5.41, 5.74) is 11.2. The van der Waals surface area contributed by atoms with E-state index in [0.29, 0.717) is 0 Å². The van der Waals surface area contributed by atoms with Gasteiger partial charge in [0, 0.05) is 17.8 Å². The summed E-state index contributed by atoms with van der Waals surface area (Å²) in [6, 6.07) is 14.4. The molecular formula is C17H19N3. The Bertz CT molecular complexity index is 739. The molecule has 2 N–H and O–H groups in total. The molecule has 1 aromatic heterocycles. The summed E-state index contributed by atoms with van der Waals surface area (Å²) in [5, 5.41) is 0. The van der Waals surface area contributed by atoms with Crippen LogP contribution in [0.15, 0.2) is 42.5 Å². The lowest BCUT2D eigenvalue weighted by Gasteiger charge is -2.06. The maximum absolute atomic E-state index is 5.76. The third-order valence-corrected chi connectivity index (χ3v) is 3.71. The van der Waals surface area contributed by atoms with Gasteiger partial charge in [-0.15, -0.1) is 0 Å². The molecule has 0 aliphatic rings. The van der Waals surface area contributed by atoms with E-state index < -0.39 is 0 Å². The summed E-state index contributed by atoms with van der Waals surface area (Å²) in [4.78, 5) is 4.81. The van der Waals surface area contributed by atoms with Crippen LogP contribution < -0.4 is 5.73 Å². The number of aromatic nitrogens is 2. The fraction of sp³-hybridized carbons (Fsp3) is 0.235. The lowest BCUT2D eigenvalue weighted by molar-refractivity contribution is 0.796. The molecule has 0 atom stereocenters. The first-order valence-corrected chi connectivity index (χ1v) is 7.08. The Morgan fingerprint density at radius 2 is 1.80 bits per heavy atom. The van der Waals surface area contributed by atoms with Crippen LogP contribution in [0.2, 0.25) is 0 Å². The van der Waals surface area contributed by atoms with Crippen LogP contribution >= 0.6 is 0 Å². The van der Waals surface area contributed by atoms with E-state index in [1.54, 1.807) is 0 Å². The lowest BCUT2D eigenvalue weighted by atomic mass is 10.1. The van der Waals surface area contributed by atoms with Gasteiger partial charge in [0.25, 0.3) is 0 Å². The fourth-order valence-electron chi connectivity index (χ4n) is 2.57. The predicted molar refractivity (Wildman–Crippen MR) is 84.6 cm³/mol. The molecule has 0 bridgehead atoms. The van der Waals surface area contributed by atoms with Crippen LogP contribution in [0.3, 0.4) is 0 Å². The second kappa shape index (κ2) is 5.00. The molecule has 3 nitrogen and oxygen atoms in total. The lowest BCUT2D eigenvalue weighted by Crippen LogP contribution is -1.97. The number of nitrogens with two attached hydrogens (primary N) is 1. The van der Waals surface area contributed by atoms with Gasteiger partial charge in [-0.05, 0) is 55.3 Å². The van der Waals surface area contributed by atoms with Gasteiger partial charge in [0.2, 0.25) is 0 Å². The zero-order valence-electron chi connectivity index (χ0n) is 11.9. The number of nitrogen functional groups attached to an aromatic ring is 1. The van der Waals surface area contributed by atoms with Crippen LogP contribution in [0, 0.1) is 0 Å². The first-order chi connectivity index (χ1) is 9.72. The average Bonchev–Trinajstić information content (AvgIpc) is 2.85. The number of hydrogen-bond donors (Lipinski definition) is 1. The number of anilines is 1. The van der Waals surface area contributed by atoms with Gasteiger partial charge >= 0.3 is 0 Å². The predicted octanol–water partition coefficient (Wildman–Crippen LogP) is 3.87. The van der Waals surface area contributed by atoms with Crippen molar-refractivity contribution in [3.05, 3.63) is 48.0 Å². The Kier molecular flexibility index (Phi) is 3.18. The van der Waals surface area contributed by atoms with Crippen LogP contribution in [0.4, 0.5) is 5.69 Å². The number of nitrogens with zero attached hydrogens (tertiary/aromatic N) is 2. The van der Waals surface area contributed by atoms with E-state index in [9.17, 15) is 0 Å². The number of aryl methyl sites for hydroxylation is 2. The summed E-state index contributed by atoms with van der Waals surface area (Å²) >= 11 is 0. The monoisotopic (exact) mass is 265 g/mol. The molecule has 3 heteroatoms. The van der Waals surface area contributed by atoms with Crippen LogP contribution in [0.25, 0.3) is 22.4 Å². The van der Waals surface area contributed by atoms with Crippen molar-refractivity contribution in [1.29, 1.82) is 0 Å². The molecule has 0 aliphatic carbocycles. The molecule has 3 rings (SSSR count). The van der Waals surface area contributed by atoms with E-state index in [2.05, 4.69) is 36.6 Å². The van der Waals surface area contributed by atoms with Gasteiger partial charge < -0.3 is 10.3 Å². The van der Waals surface area contributed by atoms with E-state index in [-0.39, 0.29) is 0 Å². The van der Waals surface area contributed by atoms with Crippen LogP contribution in [-0.2, 0) is 13.0 Å². The van der Waals surface area contributed by atoms with Crippen molar-refractivity contribution in [3.63, 3.8) is 0 Å². The SMILES string of the molecule is CCc1ccc2c(c1)nc(-c1ccc(N)cc1)n2CC. The third-order valence-electron chi connectivity index (χ3n) is 3.71. The molecule has 0 unspecified atom stereocenters. The van der Waals surface area contributed by atoms with E-state index in [4.69, 9.17) is 10.7 Å². The van der Waals surface area contributed by atoms with Crippen LogP contribution in [0.5, 0.6) is 0 Å². The first kappa shape index (κ1) is 12.7. The molecule has 0 amide bonds. The third kappa shape index (κ3) is 2.05. The molecule has 2 aromatic carbocycles. The van der Waals surface area contributed by atoms with Crippen molar-refractivity contribution in [1.82, 2.24) is 9.55 Å². The van der Waals surface area contributed by atoms with Crippen molar-refractivity contribution in [2.75, 3.05) is 5.73 Å². The van der Waals surface area contributed by atoms with Crippen LogP contribution in [-0.4, -0.2) is 9.55 Å². The Labute approximate surface area is 119 Å². The highest BCUT2D eigenvalue weighted by Gasteiger charge is 2.11. The highest BCUT2D eigenvalue weighted by atomic mass is 15.1. The van der Waals surface area contributed by atoms with Gasteiger partial charge in [0.15, 0.2) is 0 Å². The highest BCUT2D eigenvalue weighted by molar-refractivity contribution is 5.81. The molecule has 0 aliphatic heterocycles. The second-order valence-corrected chi connectivity index (χ2v) is 4.98. The molecule has 0 spiro atoms. The number of rotatable bonds is 3. The molecule has 0 radical (unpaired) electrons. The second-order valence-electron chi connectivity index (χ2n) is 4.98. The summed E-state index contributed by atoms with van der Waals surface area (Å²) < 4.78 is 2.25. The topological polar surface area (TPSA) is 43.8 Å². The molecule has 0 saturated carbocycles. The highest BCUT2D eigenvalue weighted by Crippen LogP contribution is 2.26. The number of fused-ring (bicyclic) bond motifs is 1. The first-order valence-electron chi connectivity index (χ1n) is 7.08. The summed E-state index contributed by atoms with van der Waals surface area (Å²) in [5.74, 6) is 1.01. The van der Waals surface area contributed by atoms with Crippen molar-refractivity contribution in [2.24, 2.45) is 0 Å². The van der Waals surface area contributed by atoms with Gasteiger partial charge in [-0.3, -0.25) is 0 Å². The molecule has 20 heavy (non-hydrogen) atoms. The summed E-state index contributed by atoms with van der Waals surface area (Å²) in [6.07, 6.45) is 1.03. The van der Waals surface area contributed by atoms with E-state index in [1.807, 2.05) is 24.3 Å². The summed E-state index contributed by atoms with van der Waals surface area (Å²) in [7, 11) is 0. The molecule has 1 heterocycles. The molecule has 102 valence electrons. The maximum Gasteiger partial charge on any atom is 0.141 e. The van der Waals surface area contributed by atoms with Gasteiger partial charge in [-0.25, -0.2) is 4.98 Å². The summed E-state index contributed by atoms with van der Waals surface area (Å²) in [6.45, 7) is 5.22. The normalized spacial score (nSPS) is 11.1. The molecular weight excluding hydrogens is 246 g/mol. The average molecular weight is 265 g/mol. The Morgan fingerprint density at radius 3 is 2.45 bits per heavy atom. The Balaban J connectivity index is 2.21. The Hall–Kier alpha value is -2.29. The minimum atomic E-state index is 0.779. The zero-order chi connectivity index (χ0) is 14.1.